The number of carbonyl (C=O) groups is 1. The van der Waals surface area contributed by atoms with E-state index >= 15 is 0 Å². The van der Waals surface area contributed by atoms with Crippen molar-refractivity contribution < 1.29 is 14.5 Å². The Labute approximate surface area is 86.0 Å². The van der Waals surface area contributed by atoms with Gasteiger partial charge in [0.25, 0.3) is 0 Å². The predicted octanol–water partition coefficient (Wildman–Crippen LogP) is -0.652. The minimum atomic E-state index is -0.603. The van der Waals surface area contributed by atoms with Gasteiger partial charge >= 0.3 is 11.9 Å². The van der Waals surface area contributed by atoms with Crippen LogP contribution in [0.2, 0.25) is 0 Å². The van der Waals surface area contributed by atoms with Crippen molar-refractivity contribution in [3.63, 3.8) is 0 Å². The number of carbonyl (C=O) groups excluding carboxylic acids is 1. The third kappa shape index (κ3) is 2.88. The maximum Gasteiger partial charge on any atom is 0.441 e. The second-order valence-electron chi connectivity index (χ2n) is 2.97. The number of nitro groups is 1. The Morgan fingerprint density at radius 1 is 1.80 bits per heavy atom. The Morgan fingerprint density at radius 2 is 2.47 bits per heavy atom. The molecule has 1 aliphatic rings. The van der Waals surface area contributed by atoms with E-state index < -0.39 is 4.92 Å². The second kappa shape index (κ2) is 4.69. The maximum absolute atomic E-state index is 10.8. The summed E-state index contributed by atoms with van der Waals surface area (Å²) in [5, 5.41) is 11.9. The van der Waals surface area contributed by atoms with Gasteiger partial charge in [-0.15, -0.1) is 5.01 Å². The van der Waals surface area contributed by atoms with Gasteiger partial charge in [-0.25, -0.2) is 0 Å². The largest absolute Gasteiger partial charge is 0.469 e. The van der Waals surface area contributed by atoms with Crippen molar-refractivity contribution in [1.82, 2.24) is 10.4 Å². The zero-order valence-electron chi connectivity index (χ0n) is 8.47. The molecule has 1 unspecified atom stereocenters. The fourth-order valence-electron chi connectivity index (χ4n) is 1.14. The first-order chi connectivity index (χ1) is 7.04. The summed E-state index contributed by atoms with van der Waals surface area (Å²) < 4.78 is 4.45. The summed E-state index contributed by atoms with van der Waals surface area (Å²) in [6, 6.07) is 0. The molecule has 0 aliphatic carbocycles. The average molecular weight is 216 g/mol. The standard InChI is InChI=1S/C7H12N4O4/c1-5-8-7(11(13)14)9-10(5)4-3-6(12)15-2/h5H,3-4H2,1-2H3,(H,8,9). The van der Waals surface area contributed by atoms with Gasteiger partial charge < -0.3 is 14.9 Å². The topological polar surface area (TPSA) is 97.1 Å². The highest BCUT2D eigenvalue weighted by Gasteiger charge is 2.32. The maximum atomic E-state index is 10.8. The zero-order chi connectivity index (χ0) is 11.4. The van der Waals surface area contributed by atoms with Crippen molar-refractivity contribution in [2.45, 2.75) is 19.5 Å². The van der Waals surface area contributed by atoms with Crippen LogP contribution in [0.25, 0.3) is 0 Å². The quantitative estimate of drug-likeness (QED) is 0.382. The molecule has 15 heavy (non-hydrogen) atoms. The highest BCUT2D eigenvalue weighted by atomic mass is 16.6. The molecule has 0 saturated heterocycles. The van der Waals surface area contributed by atoms with Gasteiger partial charge in [-0.3, -0.25) is 4.79 Å². The number of rotatable bonds is 3. The van der Waals surface area contributed by atoms with Crippen molar-refractivity contribution in [3.8, 4) is 0 Å². The molecule has 1 N–H and O–H groups in total. The molecule has 0 aromatic carbocycles. The van der Waals surface area contributed by atoms with E-state index in [0.717, 1.165) is 0 Å². The van der Waals surface area contributed by atoms with Gasteiger partial charge in [-0.2, -0.15) is 5.43 Å². The second-order valence-corrected chi connectivity index (χ2v) is 2.97. The van der Waals surface area contributed by atoms with Crippen molar-refractivity contribution in [2.24, 2.45) is 4.99 Å². The lowest BCUT2D eigenvalue weighted by Gasteiger charge is -2.13. The highest BCUT2D eigenvalue weighted by molar-refractivity contribution is 5.73. The van der Waals surface area contributed by atoms with Crippen LogP contribution in [0.1, 0.15) is 13.3 Å². The summed E-state index contributed by atoms with van der Waals surface area (Å²) in [5.74, 6) is -0.661. The molecule has 1 atom stereocenters. The lowest BCUT2D eigenvalue weighted by molar-refractivity contribution is -0.356. The van der Waals surface area contributed by atoms with Gasteiger partial charge in [0.15, 0.2) is 6.17 Å². The van der Waals surface area contributed by atoms with Crippen molar-refractivity contribution in [3.05, 3.63) is 10.1 Å². The van der Waals surface area contributed by atoms with Crippen LogP contribution in [-0.2, 0) is 9.53 Å². The number of hydrazine groups is 1. The Morgan fingerprint density at radius 3 is 2.93 bits per heavy atom. The van der Waals surface area contributed by atoms with E-state index in [1.807, 2.05) is 0 Å². The molecular formula is C7H12N4O4. The van der Waals surface area contributed by atoms with Gasteiger partial charge in [-0.05, 0) is 11.8 Å². The molecule has 1 heterocycles. The van der Waals surface area contributed by atoms with Crippen molar-refractivity contribution in [1.29, 1.82) is 0 Å². The van der Waals surface area contributed by atoms with E-state index in [-0.39, 0.29) is 24.5 Å². The normalized spacial score (nSPS) is 20.7. The molecule has 1 rings (SSSR count). The molecular weight excluding hydrogens is 204 g/mol. The zero-order valence-corrected chi connectivity index (χ0v) is 8.47. The number of ether oxygens (including phenoxy) is 1. The monoisotopic (exact) mass is 216 g/mol. The summed E-state index contributed by atoms with van der Waals surface area (Å²) in [6.07, 6.45) is -0.191. The molecule has 0 amide bonds. The third-order valence-electron chi connectivity index (χ3n) is 1.96. The average Bonchev–Trinajstić information content (AvgIpc) is 2.56. The van der Waals surface area contributed by atoms with Gasteiger partial charge in [0.05, 0.1) is 13.5 Å². The van der Waals surface area contributed by atoms with Crippen LogP contribution < -0.4 is 5.43 Å². The predicted molar refractivity (Wildman–Crippen MR) is 50.4 cm³/mol. The van der Waals surface area contributed by atoms with E-state index in [9.17, 15) is 14.9 Å². The van der Waals surface area contributed by atoms with Crippen molar-refractivity contribution >= 4 is 11.9 Å². The molecule has 8 nitrogen and oxygen atoms in total. The lowest BCUT2D eigenvalue weighted by Crippen LogP contribution is -2.43. The highest BCUT2D eigenvalue weighted by Crippen LogP contribution is 2.06. The number of hydrogen-bond acceptors (Lipinski definition) is 7. The van der Waals surface area contributed by atoms with Crippen LogP contribution in [-0.4, -0.2) is 41.7 Å². The van der Waals surface area contributed by atoms with Crippen LogP contribution >= 0.6 is 0 Å². The summed E-state index contributed by atoms with van der Waals surface area (Å²) in [7, 11) is 1.29. The Kier molecular flexibility index (Phi) is 3.56. The van der Waals surface area contributed by atoms with Crippen LogP contribution in [0.5, 0.6) is 0 Å². The summed E-state index contributed by atoms with van der Waals surface area (Å²) in [6.45, 7) is 2.01. The minimum absolute atomic E-state index is 0.161. The molecule has 1 aliphatic heterocycles. The number of aliphatic imine (C=N–C) groups is 1. The molecule has 0 aromatic rings. The lowest BCUT2D eigenvalue weighted by atomic mass is 10.4. The van der Waals surface area contributed by atoms with Crippen LogP contribution in [0.3, 0.4) is 0 Å². The van der Waals surface area contributed by atoms with E-state index in [2.05, 4.69) is 15.2 Å². The van der Waals surface area contributed by atoms with Crippen LogP contribution in [0, 0.1) is 10.1 Å². The van der Waals surface area contributed by atoms with E-state index in [0.29, 0.717) is 6.54 Å². The number of nitrogens with zero attached hydrogens (tertiary/aromatic N) is 3. The number of guanidine groups is 1. The number of nitrogens with one attached hydrogen (secondary N) is 1. The van der Waals surface area contributed by atoms with Crippen molar-refractivity contribution in [2.75, 3.05) is 13.7 Å². The van der Waals surface area contributed by atoms with Gasteiger partial charge in [-0.1, -0.05) is 4.99 Å². The van der Waals surface area contributed by atoms with Gasteiger partial charge in [0.2, 0.25) is 0 Å². The molecule has 0 aromatic heterocycles. The summed E-state index contributed by atoms with van der Waals surface area (Å²) in [4.78, 5) is 24.4. The number of esters is 1. The molecule has 0 radical (unpaired) electrons. The summed E-state index contributed by atoms with van der Waals surface area (Å²) >= 11 is 0. The molecule has 0 spiro atoms. The molecule has 0 bridgehead atoms. The fraction of sp³-hybridized carbons (Fsp3) is 0.714. The van der Waals surface area contributed by atoms with Crippen LogP contribution in [0.15, 0.2) is 4.99 Å². The van der Waals surface area contributed by atoms with E-state index in [1.165, 1.54) is 12.1 Å². The Bertz CT molecular complexity index is 303. The molecule has 8 heteroatoms. The Balaban J connectivity index is 2.42. The minimum Gasteiger partial charge on any atom is -0.469 e. The Hall–Kier alpha value is -1.70. The first-order valence-corrected chi connectivity index (χ1v) is 4.37. The number of methoxy groups -OCH3 is 1. The first kappa shape index (κ1) is 11.4. The summed E-state index contributed by atoms with van der Waals surface area (Å²) in [5.41, 5.74) is 2.50. The number of hydrogen-bond donors (Lipinski definition) is 1. The fourth-order valence-corrected chi connectivity index (χ4v) is 1.14. The smallest absolute Gasteiger partial charge is 0.441 e. The third-order valence-corrected chi connectivity index (χ3v) is 1.96. The van der Waals surface area contributed by atoms with E-state index in [1.54, 1.807) is 6.92 Å². The van der Waals surface area contributed by atoms with Crippen LogP contribution in [0.4, 0.5) is 0 Å². The molecule has 0 fully saturated rings. The van der Waals surface area contributed by atoms with Gasteiger partial charge in [0, 0.05) is 6.54 Å². The molecule has 84 valence electrons. The molecule has 0 saturated carbocycles. The van der Waals surface area contributed by atoms with Gasteiger partial charge in [0.1, 0.15) is 0 Å². The first-order valence-electron chi connectivity index (χ1n) is 4.37. The SMILES string of the molecule is COC(=O)CCN1NC([N+](=O)[O-])=NC1C. The van der Waals surface area contributed by atoms with E-state index in [4.69, 9.17) is 0 Å².